The number of rotatable bonds is 9. The van der Waals surface area contributed by atoms with Gasteiger partial charge in [0.25, 0.3) is 0 Å². The standard InChI is InChI=1S/C30H34ClNO6/c1-18(10-13-30(5)19(2)7-9-25(34)21(30)4)6-8-23-27(35)24(16-33)20(3)26(31)28(23)37-17-38-29(36)22-11-14-32-15-12-22/h6,10-16,19,21,35H,7-9,17H2,1-5H3/b13-10+,18-6+. The van der Waals surface area contributed by atoms with Gasteiger partial charge in [-0.1, -0.05) is 56.2 Å². The molecular formula is C30H34ClNO6. The van der Waals surface area contributed by atoms with E-state index in [1.807, 2.05) is 26.0 Å². The lowest BCUT2D eigenvalue weighted by Crippen LogP contribution is -2.40. The minimum absolute atomic E-state index is 0.0692. The van der Waals surface area contributed by atoms with E-state index in [4.69, 9.17) is 21.1 Å². The summed E-state index contributed by atoms with van der Waals surface area (Å²) in [5.41, 5.74) is 1.70. The van der Waals surface area contributed by atoms with Gasteiger partial charge < -0.3 is 14.6 Å². The highest BCUT2D eigenvalue weighted by Gasteiger charge is 2.41. The number of aromatic hydroxyl groups is 1. The summed E-state index contributed by atoms with van der Waals surface area (Å²) in [4.78, 5) is 40.1. The monoisotopic (exact) mass is 539 g/mol. The van der Waals surface area contributed by atoms with Gasteiger partial charge in [0.15, 0.2) is 6.29 Å². The molecule has 1 aliphatic rings. The lowest BCUT2D eigenvalue weighted by atomic mass is 9.61. The number of pyridine rings is 1. The fraction of sp³-hybridized carbons (Fsp3) is 0.400. The maximum absolute atomic E-state index is 12.3. The molecule has 0 bridgehead atoms. The molecule has 1 fully saturated rings. The number of carbonyl (C=O) groups is 3. The van der Waals surface area contributed by atoms with E-state index in [-0.39, 0.29) is 45.6 Å². The summed E-state index contributed by atoms with van der Waals surface area (Å²) >= 11 is 6.52. The number of benzene rings is 1. The second-order valence-electron chi connectivity index (χ2n) is 10.0. The van der Waals surface area contributed by atoms with Gasteiger partial charge in [0.1, 0.15) is 17.3 Å². The molecule has 0 aliphatic heterocycles. The number of hydrogen-bond acceptors (Lipinski definition) is 7. The largest absolute Gasteiger partial charge is 0.507 e. The lowest BCUT2D eigenvalue weighted by Gasteiger charge is -2.42. The second kappa shape index (κ2) is 12.4. The van der Waals surface area contributed by atoms with Crippen molar-refractivity contribution >= 4 is 29.6 Å². The van der Waals surface area contributed by atoms with Crippen molar-refractivity contribution in [3.8, 4) is 11.5 Å². The number of hydrogen-bond donors (Lipinski definition) is 1. The van der Waals surface area contributed by atoms with Crippen LogP contribution in [0.4, 0.5) is 0 Å². The van der Waals surface area contributed by atoms with Crippen LogP contribution in [0.5, 0.6) is 11.5 Å². The Morgan fingerprint density at radius 3 is 2.63 bits per heavy atom. The van der Waals surface area contributed by atoms with Crippen LogP contribution in [-0.2, 0) is 16.0 Å². The number of ether oxygens (including phenoxy) is 2. The maximum atomic E-state index is 12.3. The maximum Gasteiger partial charge on any atom is 0.341 e. The smallest absolute Gasteiger partial charge is 0.341 e. The zero-order valence-corrected chi connectivity index (χ0v) is 23.2. The van der Waals surface area contributed by atoms with Crippen LogP contribution in [0.25, 0.3) is 0 Å². The van der Waals surface area contributed by atoms with Crippen LogP contribution in [0.1, 0.15) is 72.4 Å². The van der Waals surface area contributed by atoms with Crippen molar-refractivity contribution in [1.29, 1.82) is 0 Å². The Balaban J connectivity index is 1.84. The van der Waals surface area contributed by atoms with Crippen molar-refractivity contribution in [2.75, 3.05) is 6.79 Å². The van der Waals surface area contributed by atoms with Gasteiger partial charge in [-0.25, -0.2) is 4.79 Å². The molecule has 1 saturated carbocycles. The number of phenolic OH excluding ortho intramolecular Hbond substituents is 1. The first-order chi connectivity index (χ1) is 18.0. The lowest BCUT2D eigenvalue weighted by molar-refractivity contribution is -0.129. The molecule has 7 nitrogen and oxygen atoms in total. The Hall–Kier alpha value is -3.45. The molecular weight excluding hydrogens is 506 g/mol. The minimum Gasteiger partial charge on any atom is -0.507 e. The molecule has 1 aromatic carbocycles. The third-order valence-corrected chi connectivity index (χ3v) is 8.26. The van der Waals surface area contributed by atoms with Crippen LogP contribution in [0.2, 0.25) is 5.02 Å². The van der Waals surface area contributed by atoms with Crippen LogP contribution in [0.15, 0.2) is 48.3 Å². The summed E-state index contributed by atoms with van der Waals surface area (Å²) in [5.74, 6) is -0.129. The molecule has 3 rings (SSSR count). The number of phenols is 1. The van der Waals surface area contributed by atoms with Crippen LogP contribution >= 0.6 is 11.6 Å². The van der Waals surface area contributed by atoms with E-state index in [0.717, 1.165) is 12.0 Å². The highest BCUT2D eigenvalue weighted by atomic mass is 35.5. The molecule has 0 amide bonds. The molecule has 2 aromatic rings. The number of allylic oxidation sites excluding steroid dienone is 4. The van der Waals surface area contributed by atoms with Gasteiger partial charge in [0, 0.05) is 30.3 Å². The summed E-state index contributed by atoms with van der Waals surface area (Å²) in [6.45, 7) is 9.35. The normalized spacial score (nSPS) is 21.9. The number of carbonyl (C=O) groups excluding carboxylic acids is 3. The predicted octanol–water partition coefficient (Wildman–Crippen LogP) is 6.44. The Morgan fingerprint density at radius 2 is 1.97 bits per heavy atom. The molecule has 202 valence electrons. The first-order valence-electron chi connectivity index (χ1n) is 12.6. The van der Waals surface area contributed by atoms with Gasteiger partial charge >= 0.3 is 5.97 Å². The van der Waals surface area contributed by atoms with Crippen LogP contribution in [0, 0.1) is 24.2 Å². The molecule has 8 heteroatoms. The fourth-order valence-electron chi connectivity index (χ4n) is 4.68. The number of nitrogens with zero attached hydrogens (tertiary/aromatic N) is 1. The summed E-state index contributed by atoms with van der Waals surface area (Å²) in [7, 11) is 0. The second-order valence-corrected chi connectivity index (χ2v) is 10.4. The highest BCUT2D eigenvalue weighted by Crippen LogP contribution is 2.45. The average Bonchev–Trinajstić information content (AvgIpc) is 2.91. The van der Waals surface area contributed by atoms with E-state index >= 15 is 0 Å². The van der Waals surface area contributed by atoms with Crippen LogP contribution in [0.3, 0.4) is 0 Å². The number of esters is 1. The highest BCUT2D eigenvalue weighted by molar-refractivity contribution is 6.33. The van der Waals surface area contributed by atoms with Crippen molar-refractivity contribution in [2.24, 2.45) is 17.3 Å². The molecule has 1 heterocycles. The Bertz CT molecular complexity index is 1270. The third-order valence-electron chi connectivity index (χ3n) is 7.81. The Kier molecular flexibility index (Phi) is 9.50. The molecule has 38 heavy (non-hydrogen) atoms. The van der Waals surface area contributed by atoms with Crippen LogP contribution < -0.4 is 4.74 Å². The first-order valence-corrected chi connectivity index (χ1v) is 13.0. The van der Waals surface area contributed by atoms with E-state index in [2.05, 4.69) is 24.9 Å². The quantitative estimate of drug-likeness (QED) is 0.169. The zero-order valence-electron chi connectivity index (χ0n) is 22.4. The minimum atomic E-state index is -0.602. The van der Waals surface area contributed by atoms with Crippen molar-refractivity contribution in [1.82, 2.24) is 4.98 Å². The Morgan fingerprint density at radius 1 is 1.29 bits per heavy atom. The molecule has 0 radical (unpaired) electrons. The molecule has 0 saturated heterocycles. The van der Waals surface area contributed by atoms with Crippen molar-refractivity contribution < 1.29 is 29.0 Å². The summed E-state index contributed by atoms with van der Waals surface area (Å²) < 4.78 is 10.9. The van der Waals surface area contributed by atoms with Crippen molar-refractivity contribution in [3.05, 3.63) is 75.6 Å². The zero-order chi connectivity index (χ0) is 28.0. The third kappa shape index (κ3) is 6.16. The van der Waals surface area contributed by atoms with Gasteiger partial charge in [-0.3, -0.25) is 14.6 Å². The number of aromatic nitrogens is 1. The van der Waals surface area contributed by atoms with E-state index in [1.165, 1.54) is 24.5 Å². The predicted molar refractivity (Wildman–Crippen MR) is 146 cm³/mol. The summed E-state index contributed by atoms with van der Waals surface area (Å²) in [5, 5.41) is 11.0. The van der Waals surface area contributed by atoms with Crippen molar-refractivity contribution in [3.63, 3.8) is 0 Å². The SMILES string of the molecule is CC(/C=C/C1(C)C(C)CCC(=O)C1C)=C\Cc1c(O)c(C=O)c(C)c(Cl)c1OCOC(=O)c1ccncc1. The van der Waals surface area contributed by atoms with E-state index in [0.29, 0.717) is 35.3 Å². The van der Waals surface area contributed by atoms with Gasteiger partial charge in [0.05, 0.1) is 16.1 Å². The van der Waals surface area contributed by atoms with Gasteiger partial charge in [0.2, 0.25) is 6.79 Å². The number of aldehydes is 1. The van der Waals surface area contributed by atoms with Gasteiger partial charge in [-0.05, 0) is 55.7 Å². The molecule has 1 aliphatic carbocycles. The van der Waals surface area contributed by atoms with E-state index in [9.17, 15) is 19.5 Å². The van der Waals surface area contributed by atoms with Crippen molar-refractivity contribution in [2.45, 2.75) is 53.9 Å². The molecule has 3 unspecified atom stereocenters. The molecule has 0 spiro atoms. The number of Topliss-reactive ketones (excluding diaryl/α,β-unsaturated/α-hetero) is 1. The van der Waals surface area contributed by atoms with Gasteiger partial charge in [-0.2, -0.15) is 0 Å². The van der Waals surface area contributed by atoms with Crippen LogP contribution in [-0.4, -0.2) is 34.9 Å². The number of halogens is 1. The fourth-order valence-corrected chi connectivity index (χ4v) is 4.95. The summed E-state index contributed by atoms with van der Waals surface area (Å²) in [6.07, 6.45) is 11.1. The van der Waals surface area contributed by atoms with Gasteiger partial charge in [-0.15, -0.1) is 0 Å². The molecule has 1 N–H and O–H groups in total. The topological polar surface area (TPSA) is 103 Å². The summed E-state index contributed by atoms with van der Waals surface area (Å²) in [6, 6.07) is 3.03. The number of ketones is 1. The van der Waals surface area contributed by atoms with E-state index in [1.54, 1.807) is 6.92 Å². The first kappa shape index (κ1) is 29.1. The Labute approximate surface area is 228 Å². The molecule has 1 aromatic heterocycles. The molecule has 3 atom stereocenters. The average molecular weight is 540 g/mol. The van der Waals surface area contributed by atoms with E-state index < -0.39 is 12.8 Å².